The van der Waals surface area contributed by atoms with Gasteiger partial charge in [-0.3, -0.25) is 4.79 Å². The molecule has 3 rings (SSSR count). The predicted molar refractivity (Wildman–Crippen MR) is 98.1 cm³/mol. The second kappa shape index (κ2) is 8.76. The van der Waals surface area contributed by atoms with E-state index in [1.54, 1.807) is 0 Å². The largest absolute Gasteiger partial charge is 0.494 e. The number of halogens is 1. The molecule has 6 heteroatoms. The molecule has 0 saturated heterocycles. The fourth-order valence-electron chi connectivity index (χ4n) is 2.54. The van der Waals surface area contributed by atoms with Gasteiger partial charge in [-0.25, -0.2) is 0 Å². The monoisotopic (exact) mass is 405 g/mol. The molecule has 2 aromatic carbocycles. The minimum absolute atomic E-state index is 0.00725. The van der Waals surface area contributed by atoms with E-state index < -0.39 is 0 Å². The van der Waals surface area contributed by atoms with Gasteiger partial charge in [0, 0.05) is 23.0 Å². The molecule has 1 N–H and O–H groups in total. The Bertz CT molecular complexity index is 735. The van der Waals surface area contributed by atoms with E-state index in [0.29, 0.717) is 39.2 Å². The van der Waals surface area contributed by atoms with Crippen LogP contribution in [0.5, 0.6) is 17.2 Å². The maximum Gasteiger partial charge on any atom is 0.220 e. The number of hydrogen-bond acceptors (Lipinski definition) is 4. The van der Waals surface area contributed by atoms with Crippen LogP contribution in [0.15, 0.2) is 46.9 Å². The minimum atomic E-state index is -0.00725. The lowest BCUT2D eigenvalue weighted by molar-refractivity contribution is -0.121. The van der Waals surface area contributed by atoms with Gasteiger partial charge in [-0.2, -0.15) is 0 Å². The molecular formula is C19H20BrNO4. The van der Waals surface area contributed by atoms with Crippen LogP contribution in [0.2, 0.25) is 0 Å². The lowest BCUT2D eigenvalue weighted by Crippen LogP contribution is -2.24. The number of benzene rings is 2. The van der Waals surface area contributed by atoms with Crippen molar-refractivity contribution in [1.29, 1.82) is 0 Å². The molecule has 1 aliphatic heterocycles. The van der Waals surface area contributed by atoms with Crippen molar-refractivity contribution in [1.82, 2.24) is 5.32 Å². The van der Waals surface area contributed by atoms with Gasteiger partial charge in [0.05, 0.1) is 6.61 Å². The van der Waals surface area contributed by atoms with E-state index in [1.807, 2.05) is 42.5 Å². The van der Waals surface area contributed by atoms with Crippen molar-refractivity contribution in [2.75, 3.05) is 19.8 Å². The summed E-state index contributed by atoms with van der Waals surface area (Å²) in [6.45, 7) is 2.02. The molecule has 0 fully saturated rings. The van der Waals surface area contributed by atoms with E-state index >= 15 is 0 Å². The third-order valence-electron chi connectivity index (χ3n) is 3.74. The summed E-state index contributed by atoms with van der Waals surface area (Å²) in [6, 6.07) is 13.4. The number of carbonyl (C=O) groups excluding carboxylic acids is 1. The average molecular weight is 406 g/mol. The third kappa shape index (κ3) is 5.13. The van der Waals surface area contributed by atoms with Crippen molar-refractivity contribution in [2.45, 2.75) is 19.4 Å². The van der Waals surface area contributed by atoms with E-state index in [2.05, 4.69) is 21.2 Å². The Morgan fingerprint density at radius 2 is 2.00 bits per heavy atom. The van der Waals surface area contributed by atoms with Gasteiger partial charge in [0.15, 0.2) is 11.5 Å². The van der Waals surface area contributed by atoms with Crippen LogP contribution in [0.25, 0.3) is 0 Å². The van der Waals surface area contributed by atoms with E-state index in [0.717, 1.165) is 27.3 Å². The highest BCUT2D eigenvalue weighted by Gasteiger charge is 2.15. The van der Waals surface area contributed by atoms with Gasteiger partial charge >= 0.3 is 0 Å². The summed E-state index contributed by atoms with van der Waals surface area (Å²) in [6.07, 6.45) is 1.07. The first-order valence-corrected chi connectivity index (χ1v) is 9.04. The topological polar surface area (TPSA) is 56.8 Å². The zero-order chi connectivity index (χ0) is 17.5. The van der Waals surface area contributed by atoms with Gasteiger partial charge in [-0.05, 0) is 30.7 Å². The SMILES string of the molecule is O=C(CCCOc1cccc(Br)c1)NCc1cccc2c1OCCO2. The molecule has 0 aromatic heterocycles. The maximum absolute atomic E-state index is 12.0. The molecule has 25 heavy (non-hydrogen) atoms. The summed E-state index contributed by atoms with van der Waals surface area (Å²) >= 11 is 3.40. The van der Waals surface area contributed by atoms with Crippen LogP contribution >= 0.6 is 15.9 Å². The molecule has 2 aromatic rings. The van der Waals surface area contributed by atoms with Crippen molar-refractivity contribution < 1.29 is 19.0 Å². The van der Waals surface area contributed by atoms with Crippen LogP contribution < -0.4 is 19.5 Å². The van der Waals surface area contributed by atoms with Crippen LogP contribution in [0.1, 0.15) is 18.4 Å². The van der Waals surface area contributed by atoms with Crippen molar-refractivity contribution >= 4 is 21.8 Å². The smallest absolute Gasteiger partial charge is 0.220 e. The first-order valence-electron chi connectivity index (χ1n) is 8.25. The van der Waals surface area contributed by atoms with Crippen molar-refractivity contribution in [2.24, 2.45) is 0 Å². The number of para-hydroxylation sites is 1. The van der Waals surface area contributed by atoms with E-state index in [-0.39, 0.29) is 5.91 Å². The van der Waals surface area contributed by atoms with Gasteiger partial charge in [0.25, 0.3) is 0 Å². The second-order valence-electron chi connectivity index (χ2n) is 5.63. The fraction of sp³-hybridized carbons (Fsp3) is 0.316. The number of ether oxygens (including phenoxy) is 3. The Morgan fingerprint density at radius 1 is 1.16 bits per heavy atom. The van der Waals surface area contributed by atoms with E-state index in [4.69, 9.17) is 14.2 Å². The summed E-state index contributed by atoms with van der Waals surface area (Å²) in [5.74, 6) is 2.25. The van der Waals surface area contributed by atoms with Crippen molar-refractivity contribution in [3.8, 4) is 17.2 Å². The predicted octanol–water partition coefficient (Wildman–Crippen LogP) is 3.70. The number of carbonyl (C=O) groups is 1. The van der Waals surface area contributed by atoms with Gasteiger partial charge < -0.3 is 19.5 Å². The number of amides is 1. The number of hydrogen-bond donors (Lipinski definition) is 1. The molecule has 0 unspecified atom stereocenters. The molecular weight excluding hydrogens is 386 g/mol. The molecule has 1 aliphatic rings. The number of rotatable bonds is 7. The van der Waals surface area contributed by atoms with Crippen molar-refractivity contribution in [3.63, 3.8) is 0 Å². The van der Waals surface area contributed by atoms with Gasteiger partial charge in [-0.15, -0.1) is 0 Å². The number of fused-ring (bicyclic) bond motifs is 1. The first kappa shape index (κ1) is 17.6. The van der Waals surface area contributed by atoms with E-state index in [9.17, 15) is 4.79 Å². The van der Waals surface area contributed by atoms with Gasteiger partial charge in [0.2, 0.25) is 5.91 Å². The standard InChI is InChI=1S/C19H20BrNO4/c20-15-5-2-6-16(12-15)23-9-3-8-18(22)21-13-14-4-1-7-17-19(14)25-11-10-24-17/h1-2,4-7,12H,3,8-11,13H2,(H,21,22). The van der Waals surface area contributed by atoms with E-state index in [1.165, 1.54) is 0 Å². The summed E-state index contributed by atoms with van der Waals surface area (Å²) in [4.78, 5) is 12.0. The molecule has 0 saturated carbocycles. The quantitative estimate of drug-likeness (QED) is 0.713. The average Bonchev–Trinajstić information content (AvgIpc) is 2.63. The highest BCUT2D eigenvalue weighted by Crippen LogP contribution is 2.33. The Balaban J connectivity index is 1.40. The molecule has 1 heterocycles. The highest BCUT2D eigenvalue weighted by atomic mass is 79.9. The summed E-state index contributed by atoms with van der Waals surface area (Å²) in [7, 11) is 0. The molecule has 0 bridgehead atoms. The normalized spacial score (nSPS) is 12.5. The molecule has 132 valence electrons. The molecule has 0 radical (unpaired) electrons. The zero-order valence-electron chi connectivity index (χ0n) is 13.8. The number of nitrogens with one attached hydrogen (secondary N) is 1. The molecule has 1 amide bonds. The van der Waals surface area contributed by atoms with Crippen LogP contribution in [0.3, 0.4) is 0 Å². The fourth-order valence-corrected chi connectivity index (χ4v) is 2.91. The van der Waals surface area contributed by atoms with Crippen molar-refractivity contribution in [3.05, 3.63) is 52.5 Å². The van der Waals surface area contributed by atoms with Crippen LogP contribution in [0, 0.1) is 0 Å². The third-order valence-corrected chi connectivity index (χ3v) is 4.23. The van der Waals surface area contributed by atoms with Gasteiger partial charge in [0.1, 0.15) is 19.0 Å². The van der Waals surface area contributed by atoms with Crippen LogP contribution in [0.4, 0.5) is 0 Å². The maximum atomic E-state index is 12.0. The Morgan fingerprint density at radius 3 is 2.88 bits per heavy atom. The summed E-state index contributed by atoms with van der Waals surface area (Å²) in [5.41, 5.74) is 0.927. The lowest BCUT2D eigenvalue weighted by atomic mass is 10.1. The Hall–Kier alpha value is -2.21. The van der Waals surface area contributed by atoms with Gasteiger partial charge in [-0.1, -0.05) is 34.1 Å². The molecule has 5 nitrogen and oxygen atoms in total. The molecule has 0 spiro atoms. The Kier molecular flexibility index (Phi) is 6.17. The Labute approximate surface area is 155 Å². The lowest BCUT2D eigenvalue weighted by Gasteiger charge is -2.21. The minimum Gasteiger partial charge on any atom is -0.494 e. The highest BCUT2D eigenvalue weighted by molar-refractivity contribution is 9.10. The first-order chi connectivity index (χ1) is 12.2. The molecule has 0 atom stereocenters. The summed E-state index contributed by atoms with van der Waals surface area (Å²) < 4.78 is 17.8. The zero-order valence-corrected chi connectivity index (χ0v) is 15.4. The second-order valence-corrected chi connectivity index (χ2v) is 6.54. The van der Waals surface area contributed by atoms with Crippen LogP contribution in [-0.2, 0) is 11.3 Å². The molecule has 0 aliphatic carbocycles. The summed E-state index contributed by atoms with van der Waals surface area (Å²) in [5, 5.41) is 2.92. The van der Waals surface area contributed by atoms with Crippen LogP contribution in [-0.4, -0.2) is 25.7 Å².